The fraction of sp³-hybridized carbons (Fsp3) is 0.143. The van der Waals surface area contributed by atoms with Crippen molar-refractivity contribution in [1.82, 2.24) is 0 Å². The van der Waals surface area contributed by atoms with E-state index >= 15 is 0 Å². The van der Waals surface area contributed by atoms with Crippen LogP contribution in [0.25, 0.3) is 0 Å². The molecule has 0 spiro atoms. The number of aromatic hydroxyl groups is 1. The third-order valence-corrected chi connectivity index (χ3v) is 1.87. The molecule has 0 unspecified atom stereocenters. The predicted molar refractivity (Wildman–Crippen MR) is 42.4 cm³/mol. The van der Waals surface area contributed by atoms with E-state index in [1.54, 1.807) is 0 Å². The molecule has 2 nitrogen and oxygen atoms in total. The van der Waals surface area contributed by atoms with Crippen molar-refractivity contribution in [3.63, 3.8) is 0 Å². The summed E-state index contributed by atoms with van der Waals surface area (Å²) in [6, 6.07) is 1.95. The number of phenols is 1. The second kappa shape index (κ2) is 3.64. The van der Waals surface area contributed by atoms with Crippen LogP contribution in [0, 0.1) is 5.82 Å². The Morgan fingerprint density at radius 1 is 1.29 bits per heavy atom. The van der Waals surface area contributed by atoms with Crippen molar-refractivity contribution < 1.29 is 27.4 Å². The first-order valence-corrected chi connectivity index (χ1v) is 4.03. The third kappa shape index (κ3) is 2.50. The summed E-state index contributed by atoms with van der Waals surface area (Å²) in [5, 5.41) is 8.78. The summed E-state index contributed by atoms with van der Waals surface area (Å²) in [5.74, 6) is -3.46. The van der Waals surface area contributed by atoms with Crippen LogP contribution in [-0.4, -0.2) is 11.5 Å². The lowest BCUT2D eigenvalue weighted by Crippen LogP contribution is -2.18. The highest BCUT2D eigenvalue weighted by Gasteiger charge is 2.34. The van der Waals surface area contributed by atoms with E-state index in [0.29, 0.717) is 0 Å². The zero-order chi connectivity index (χ0) is 10.9. The number of alkyl halides is 3. The minimum atomic E-state index is -5.00. The average Bonchev–Trinajstić information content (AvgIpc) is 2.04. The largest absolute Gasteiger partial charge is 0.573 e. The smallest absolute Gasteiger partial charge is 0.505 e. The lowest BCUT2D eigenvalue weighted by molar-refractivity contribution is -0.275. The monoisotopic (exact) mass is 274 g/mol. The number of hydrogen-bond acceptors (Lipinski definition) is 2. The topological polar surface area (TPSA) is 29.5 Å². The molecule has 0 amide bonds. The van der Waals surface area contributed by atoms with Gasteiger partial charge in [0.15, 0.2) is 11.5 Å². The molecule has 0 atom stereocenters. The Balaban J connectivity index is 3.13. The molecule has 0 aliphatic rings. The number of benzene rings is 1. The first-order chi connectivity index (χ1) is 6.31. The second-order valence-corrected chi connectivity index (χ2v) is 3.11. The Kier molecular flexibility index (Phi) is 2.89. The zero-order valence-electron chi connectivity index (χ0n) is 6.40. The van der Waals surface area contributed by atoms with Gasteiger partial charge in [-0.1, -0.05) is 0 Å². The van der Waals surface area contributed by atoms with Crippen molar-refractivity contribution in [2.75, 3.05) is 0 Å². The molecule has 0 bridgehead atoms. The Bertz CT molecular complexity index is 350. The van der Waals surface area contributed by atoms with Crippen molar-refractivity contribution in [2.45, 2.75) is 6.36 Å². The van der Waals surface area contributed by atoms with Crippen molar-refractivity contribution in [3.05, 3.63) is 22.4 Å². The van der Waals surface area contributed by atoms with E-state index in [2.05, 4.69) is 20.7 Å². The van der Waals surface area contributed by atoms with Gasteiger partial charge in [0.25, 0.3) is 0 Å². The van der Waals surface area contributed by atoms with Crippen molar-refractivity contribution in [1.29, 1.82) is 0 Å². The molecule has 0 aliphatic carbocycles. The van der Waals surface area contributed by atoms with Gasteiger partial charge in [-0.05, 0) is 28.1 Å². The van der Waals surface area contributed by atoms with Crippen LogP contribution in [0.2, 0.25) is 0 Å². The van der Waals surface area contributed by atoms with Gasteiger partial charge < -0.3 is 9.84 Å². The first-order valence-electron chi connectivity index (χ1n) is 3.24. The number of hydrogen-bond donors (Lipinski definition) is 1. The van der Waals surface area contributed by atoms with E-state index in [1.165, 1.54) is 0 Å². The Labute approximate surface area is 84.2 Å². The SMILES string of the molecule is Oc1ccc(Br)c(OC(F)(F)F)c1F. The summed E-state index contributed by atoms with van der Waals surface area (Å²) in [6.45, 7) is 0. The molecule has 0 aromatic heterocycles. The molecule has 0 aliphatic heterocycles. The maximum atomic E-state index is 12.9. The molecule has 78 valence electrons. The van der Waals surface area contributed by atoms with E-state index in [-0.39, 0.29) is 4.47 Å². The van der Waals surface area contributed by atoms with E-state index in [4.69, 9.17) is 5.11 Å². The summed E-state index contributed by atoms with van der Waals surface area (Å²) in [4.78, 5) is 0. The fourth-order valence-corrected chi connectivity index (χ4v) is 1.12. The van der Waals surface area contributed by atoms with Crippen LogP contribution in [0.5, 0.6) is 11.5 Å². The Hall–Kier alpha value is -0.980. The molecule has 7 heteroatoms. The van der Waals surface area contributed by atoms with Crippen LogP contribution in [0.3, 0.4) is 0 Å². The highest BCUT2D eigenvalue weighted by molar-refractivity contribution is 9.10. The molecule has 1 N–H and O–H groups in total. The predicted octanol–water partition coefficient (Wildman–Crippen LogP) is 3.19. The van der Waals surface area contributed by atoms with Gasteiger partial charge >= 0.3 is 6.36 Å². The summed E-state index contributed by atoms with van der Waals surface area (Å²) in [6.07, 6.45) is -5.00. The molecule has 0 saturated heterocycles. The zero-order valence-corrected chi connectivity index (χ0v) is 7.99. The number of rotatable bonds is 1. The summed E-state index contributed by atoms with van der Waals surface area (Å²) in [5.41, 5.74) is 0. The van der Waals surface area contributed by atoms with Crippen molar-refractivity contribution >= 4 is 15.9 Å². The standard InChI is InChI=1S/C7H3BrF4O2/c8-3-1-2-4(13)5(9)6(3)14-7(10,11)12/h1-2,13H. The molecule has 14 heavy (non-hydrogen) atoms. The first kappa shape index (κ1) is 11.1. The Morgan fingerprint density at radius 3 is 2.36 bits per heavy atom. The van der Waals surface area contributed by atoms with E-state index < -0.39 is 23.7 Å². The van der Waals surface area contributed by atoms with Crippen molar-refractivity contribution in [2.24, 2.45) is 0 Å². The van der Waals surface area contributed by atoms with Gasteiger partial charge in [0.2, 0.25) is 5.82 Å². The van der Waals surface area contributed by atoms with E-state index in [9.17, 15) is 17.6 Å². The maximum absolute atomic E-state index is 12.9. The number of ether oxygens (including phenoxy) is 1. The summed E-state index contributed by atoms with van der Waals surface area (Å²) < 4.78 is 51.2. The van der Waals surface area contributed by atoms with Gasteiger partial charge in [0.1, 0.15) is 0 Å². The van der Waals surface area contributed by atoms with Crippen LogP contribution >= 0.6 is 15.9 Å². The van der Waals surface area contributed by atoms with Crippen molar-refractivity contribution in [3.8, 4) is 11.5 Å². The molecule has 0 heterocycles. The molecule has 1 aromatic carbocycles. The van der Waals surface area contributed by atoms with Gasteiger partial charge in [0.05, 0.1) is 4.47 Å². The number of phenolic OH excluding ortho intramolecular Hbond substituents is 1. The van der Waals surface area contributed by atoms with Gasteiger partial charge in [0, 0.05) is 0 Å². The molecular weight excluding hydrogens is 272 g/mol. The van der Waals surface area contributed by atoms with Crippen LogP contribution in [-0.2, 0) is 0 Å². The maximum Gasteiger partial charge on any atom is 0.573 e. The third-order valence-electron chi connectivity index (χ3n) is 1.25. The van der Waals surface area contributed by atoms with Crippen LogP contribution < -0.4 is 4.74 Å². The Morgan fingerprint density at radius 2 is 1.86 bits per heavy atom. The van der Waals surface area contributed by atoms with Gasteiger partial charge in [-0.2, -0.15) is 4.39 Å². The lowest BCUT2D eigenvalue weighted by Gasteiger charge is -2.11. The van der Waals surface area contributed by atoms with E-state index in [0.717, 1.165) is 12.1 Å². The quantitative estimate of drug-likeness (QED) is 0.797. The lowest BCUT2D eigenvalue weighted by atomic mass is 10.3. The molecule has 1 rings (SSSR count). The molecular formula is C7H3BrF4O2. The van der Waals surface area contributed by atoms with Gasteiger partial charge in [-0.15, -0.1) is 13.2 Å². The highest BCUT2D eigenvalue weighted by atomic mass is 79.9. The minimum Gasteiger partial charge on any atom is -0.505 e. The molecule has 0 fully saturated rings. The molecule has 0 saturated carbocycles. The summed E-state index contributed by atoms with van der Waals surface area (Å²) >= 11 is 2.66. The molecule has 0 radical (unpaired) electrons. The van der Waals surface area contributed by atoms with Gasteiger partial charge in [-0.25, -0.2) is 0 Å². The second-order valence-electron chi connectivity index (χ2n) is 2.26. The molecule has 1 aromatic rings. The normalized spacial score (nSPS) is 11.5. The fourth-order valence-electron chi connectivity index (χ4n) is 0.731. The van der Waals surface area contributed by atoms with Crippen LogP contribution in [0.15, 0.2) is 16.6 Å². The average molecular weight is 275 g/mol. The van der Waals surface area contributed by atoms with E-state index in [1.807, 2.05) is 0 Å². The van der Waals surface area contributed by atoms with Crippen LogP contribution in [0.1, 0.15) is 0 Å². The van der Waals surface area contributed by atoms with Crippen LogP contribution in [0.4, 0.5) is 17.6 Å². The summed E-state index contributed by atoms with van der Waals surface area (Å²) in [7, 11) is 0. The minimum absolute atomic E-state index is 0.231. The van der Waals surface area contributed by atoms with Gasteiger partial charge in [-0.3, -0.25) is 0 Å². The number of halogens is 5. The highest BCUT2D eigenvalue weighted by Crippen LogP contribution is 2.36.